The van der Waals surface area contributed by atoms with Crippen molar-refractivity contribution in [1.82, 2.24) is 4.90 Å². The zero-order valence-electron chi connectivity index (χ0n) is 17.9. The molecule has 32 heavy (non-hydrogen) atoms. The van der Waals surface area contributed by atoms with E-state index in [1.807, 2.05) is 13.0 Å². The number of carbonyl (C=O) groups excluding carboxylic acids is 1. The maximum absolute atomic E-state index is 14.7. The van der Waals surface area contributed by atoms with Crippen LogP contribution in [0.25, 0.3) is 0 Å². The summed E-state index contributed by atoms with van der Waals surface area (Å²) in [7, 11) is 0. The highest BCUT2D eigenvalue weighted by Gasteiger charge is 2.12. The molecule has 0 fully saturated rings. The third-order valence-corrected chi connectivity index (χ3v) is 4.30. The van der Waals surface area contributed by atoms with Gasteiger partial charge >= 0.3 is 0 Å². The SMILES string of the molecule is C/C=C(F)\C=C/C(C)CN(C=O)C=NC1=CC(F)=C(OC2=CCC=C(C#N)C=N2)C=CC1. The quantitative estimate of drug-likeness (QED) is 0.211. The fourth-order valence-corrected chi connectivity index (χ4v) is 2.61. The van der Waals surface area contributed by atoms with Crippen LogP contribution < -0.4 is 0 Å². The second-order valence-corrected chi connectivity index (χ2v) is 6.92. The highest BCUT2D eigenvalue weighted by molar-refractivity contribution is 5.84. The monoisotopic (exact) mass is 438 g/mol. The molecule has 0 bridgehead atoms. The maximum Gasteiger partial charge on any atom is 0.215 e. The first kappa shape index (κ1) is 24.4. The molecule has 1 amide bonds. The lowest BCUT2D eigenvalue weighted by atomic mass is 10.1. The fraction of sp³-hybridized carbons (Fsp3) is 0.250. The van der Waals surface area contributed by atoms with E-state index in [2.05, 4.69) is 9.98 Å². The number of hydrogen-bond acceptors (Lipinski definition) is 5. The molecule has 0 aromatic rings. The van der Waals surface area contributed by atoms with Crippen LogP contribution in [-0.2, 0) is 9.53 Å². The summed E-state index contributed by atoms with van der Waals surface area (Å²) < 4.78 is 33.4. The van der Waals surface area contributed by atoms with Crippen molar-refractivity contribution in [3.8, 4) is 6.07 Å². The van der Waals surface area contributed by atoms with Crippen LogP contribution in [0, 0.1) is 17.2 Å². The van der Waals surface area contributed by atoms with Crippen LogP contribution in [0.3, 0.4) is 0 Å². The molecule has 8 heteroatoms. The Kier molecular flexibility index (Phi) is 9.72. The van der Waals surface area contributed by atoms with E-state index >= 15 is 0 Å². The van der Waals surface area contributed by atoms with Gasteiger partial charge in [0.15, 0.2) is 11.6 Å². The van der Waals surface area contributed by atoms with Crippen molar-refractivity contribution >= 4 is 19.0 Å². The molecule has 0 radical (unpaired) electrons. The average molecular weight is 438 g/mol. The van der Waals surface area contributed by atoms with Crippen molar-refractivity contribution in [1.29, 1.82) is 5.26 Å². The number of halogens is 2. The zero-order valence-corrected chi connectivity index (χ0v) is 17.9. The summed E-state index contributed by atoms with van der Waals surface area (Å²) in [6.45, 7) is 3.72. The average Bonchev–Trinajstić information content (AvgIpc) is 3.13. The van der Waals surface area contributed by atoms with Crippen molar-refractivity contribution in [2.75, 3.05) is 6.54 Å². The molecule has 0 N–H and O–H groups in total. The molecule has 0 saturated carbocycles. The van der Waals surface area contributed by atoms with E-state index in [4.69, 9.17) is 10.00 Å². The van der Waals surface area contributed by atoms with E-state index in [1.165, 1.54) is 41.8 Å². The molecule has 6 nitrogen and oxygen atoms in total. The molecule has 0 spiro atoms. The summed E-state index contributed by atoms with van der Waals surface area (Å²) in [5.74, 6) is -0.955. The van der Waals surface area contributed by atoms with E-state index < -0.39 is 5.83 Å². The first-order valence-electron chi connectivity index (χ1n) is 9.99. The minimum atomic E-state index is -0.643. The van der Waals surface area contributed by atoms with Crippen molar-refractivity contribution in [3.63, 3.8) is 0 Å². The molecule has 1 aliphatic heterocycles. The molecule has 2 rings (SSSR count). The normalized spacial score (nSPS) is 18.0. The topological polar surface area (TPSA) is 78.0 Å². The summed E-state index contributed by atoms with van der Waals surface area (Å²) >= 11 is 0. The largest absolute Gasteiger partial charge is 0.436 e. The van der Waals surface area contributed by atoms with Crippen LogP contribution in [0.2, 0.25) is 0 Å². The number of hydrogen-bond donors (Lipinski definition) is 0. The van der Waals surface area contributed by atoms with Crippen molar-refractivity contribution in [3.05, 3.63) is 83.2 Å². The first-order chi connectivity index (χ1) is 15.4. The van der Waals surface area contributed by atoms with Crippen molar-refractivity contribution in [2.45, 2.75) is 26.7 Å². The Bertz CT molecular complexity index is 1020. The molecule has 0 saturated heterocycles. The standard InChI is InChI=1S/C24H24F2N4O2/c1-3-20(25)11-10-18(2)15-30(17-31)16-29-21-7-5-8-23(22(26)12-21)32-24-9-4-6-19(13-27)14-28-24/h3,5-6,8-12,14,16-18H,4,7,15H2,1-2H3/b11-10-,20-3+,29-16?. The molecule has 1 unspecified atom stereocenters. The Hall–Kier alpha value is -3.86. The number of amides is 1. The van der Waals surface area contributed by atoms with E-state index in [-0.39, 0.29) is 23.4 Å². The van der Waals surface area contributed by atoms with Crippen LogP contribution in [0.5, 0.6) is 0 Å². The summed E-state index contributed by atoms with van der Waals surface area (Å²) in [5.41, 5.74) is 0.790. The molecule has 0 aromatic heterocycles. The van der Waals surface area contributed by atoms with E-state index in [0.29, 0.717) is 37.1 Å². The number of ether oxygens (including phenoxy) is 1. The first-order valence-corrected chi connectivity index (χ1v) is 9.99. The van der Waals surface area contributed by atoms with E-state index in [0.717, 1.165) is 0 Å². The van der Waals surface area contributed by atoms with Gasteiger partial charge in [-0.25, -0.2) is 18.8 Å². The summed E-state index contributed by atoms with van der Waals surface area (Å²) in [5, 5.41) is 8.93. The Morgan fingerprint density at radius 2 is 2.28 bits per heavy atom. The molecule has 1 heterocycles. The number of nitrogens with zero attached hydrogens (tertiary/aromatic N) is 4. The van der Waals surface area contributed by atoms with Gasteiger partial charge in [0.1, 0.15) is 11.9 Å². The molecular formula is C24H24F2N4O2. The maximum atomic E-state index is 14.7. The third kappa shape index (κ3) is 8.11. The van der Waals surface area contributed by atoms with Gasteiger partial charge in [-0.05, 0) is 43.6 Å². The van der Waals surface area contributed by atoms with Gasteiger partial charge in [0.2, 0.25) is 12.3 Å². The van der Waals surface area contributed by atoms with Crippen molar-refractivity contribution in [2.24, 2.45) is 15.9 Å². The third-order valence-electron chi connectivity index (χ3n) is 4.30. The highest BCUT2D eigenvalue weighted by Crippen LogP contribution is 2.23. The Labute approximate surface area is 186 Å². The van der Waals surface area contributed by atoms with Crippen LogP contribution in [0.1, 0.15) is 26.7 Å². The fourth-order valence-electron chi connectivity index (χ4n) is 2.61. The highest BCUT2D eigenvalue weighted by atomic mass is 19.1. The Balaban J connectivity index is 2.06. The summed E-state index contributed by atoms with van der Waals surface area (Å²) in [6, 6.07) is 1.99. The molecule has 1 aliphatic carbocycles. The second kappa shape index (κ2) is 12.7. The smallest absolute Gasteiger partial charge is 0.215 e. The van der Waals surface area contributed by atoms with Crippen LogP contribution >= 0.6 is 0 Å². The van der Waals surface area contributed by atoms with Gasteiger partial charge in [-0.15, -0.1) is 0 Å². The predicted octanol–water partition coefficient (Wildman–Crippen LogP) is 5.35. The van der Waals surface area contributed by atoms with Gasteiger partial charge in [0, 0.05) is 24.9 Å². The number of rotatable bonds is 9. The molecule has 166 valence electrons. The van der Waals surface area contributed by atoms with Crippen LogP contribution in [-0.4, -0.2) is 30.4 Å². The second-order valence-electron chi connectivity index (χ2n) is 6.92. The Morgan fingerprint density at radius 3 is 3.00 bits per heavy atom. The molecular weight excluding hydrogens is 414 g/mol. The van der Waals surface area contributed by atoms with Crippen LogP contribution in [0.15, 0.2) is 93.2 Å². The van der Waals surface area contributed by atoms with Gasteiger partial charge < -0.3 is 9.64 Å². The number of aliphatic imine (C=N–C) groups is 2. The molecule has 1 atom stereocenters. The van der Waals surface area contributed by atoms with Gasteiger partial charge in [0.05, 0.1) is 11.9 Å². The zero-order chi connectivity index (χ0) is 23.3. The van der Waals surface area contributed by atoms with Gasteiger partial charge in [-0.1, -0.05) is 31.2 Å². The lowest BCUT2D eigenvalue weighted by Gasteiger charge is -2.14. The van der Waals surface area contributed by atoms with Crippen LogP contribution in [0.4, 0.5) is 8.78 Å². The van der Waals surface area contributed by atoms with Crippen molar-refractivity contribution < 1.29 is 18.3 Å². The molecule has 2 aliphatic rings. The number of allylic oxidation sites excluding steroid dienone is 10. The summed E-state index contributed by atoms with van der Waals surface area (Å²) in [4.78, 5) is 20.9. The Morgan fingerprint density at radius 1 is 1.47 bits per heavy atom. The van der Waals surface area contributed by atoms with E-state index in [9.17, 15) is 13.6 Å². The number of nitriles is 1. The van der Waals surface area contributed by atoms with Gasteiger partial charge in [0.25, 0.3) is 0 Å². The number of carbonyl (C=O) groups is 1. The lowest BCUT2D eigenvalue weighted by Crippen LogP contribution is -2.25. The lowest BCUT2D eigenvalue weighted by molar-refractivity contribution is -0.114. The minimum Gasteiger partial charge on any atom is -0.436 e. The van der Waals surface area contributed by atoms with Gasteiger partial charge in [-0.3, -0.25) is 4.79 Å². The summed E-state index contributed by atoms with van der Waals surface area (Å²) in [6.07, 6.45) is 16.1. The van der Waals surface area contributed by atoms with Gasteiger partial charge in [-0.2, -0.15) is 5.26 Å². The van der Waals surface area contributed by atoms with E-state index in [1.54, 1.807) is 31.2 Å². The minimum absolute atomic E-state index is 0.0315. The molecule has 0 aromatic carbocycles. The predicted molar refractivity (Wildman–Crippen MR) is 120 cm³/mol.